The van der Waals surface area contributed by atoms with Crippen molar-refractivity contribution in [3.05, 3.63) is 0 Å². The van der Waals surface area contributed by atoms with Crippen LogP contribution in [0.5, 0.6) is 0 Å². The molecule has 3 unspecified atom stereocenters. The number of hydrogen-bond donors (Lipinski definition) is 2. The van der Waals surface area contributed by atoms with E-state index < -0.39 is 12.0 Å². The van der Waals surface area contributed by atoms with Gasteiger partial charge < -0.3 is 10.4 Å². The third kappa shape index (κ3) is 3.70. The number of carboxylic acid groups (broad SMARTS) is 1. The smallest absolute Gasteiger partial charge is 0.327 e. The summed E-state index contributed by atoms with van der Waals surface area (Å²) in [6.45, 7) is 3.77. The van der Waals surface area contributed by atoms with Gasteiger partial charge in [-0.1, -0.05) is 0 Å². The number of nitrogens with zero attached hydrogens (tertiary/aromatic N) is 1. The van der Waals surface area contributed by atoms with E-state index in [1.54, 1.807) is 11.8 Å². The van der Waals surface area contributed by atoms with E-state index in [1.807, 2.05) is 20.1 Å². The molecule has 1 fully saturated rings. The third-order valence-corrected chi connectivity index (χ3v) is 4.58. The molecule has 1 aliphatic heterocycles. The molecule has 0 saturated carbocycles. The van der Waals surface area contributed by atoms with Gasteiger partial charge in [-0.05, 0) is 20.1 Å². The highest BCUT2D eigenvalue weighted by atomic mass is 32.2. The highest BCUT2D eigenvalue weighted by molar-refractivity contribution is 8.00. The van der Waals surface area contributed by atoms with Crippen molar-refractivity contribution in [3.8, 4) is 0 Å². The zero-order valence-electron chi connectivity index (χ0n) is 10.2. The standard InChI is InChI=1S/C10H18N2O3S2/c1-6(4-16-3)11-10(15)12-7(2)17-5-8(12)9(13)14/h6-8H,4-5H2,1-3H3,(H,11,15)(H,13,14). The number of thioether (sulfide) groups is 2. The van der Waals surface area contributed by atoms with Crippen LogP contribution >= 0.6 is 23.5 Å². The molecule has 5 nitrogen and oxygen atoms in total. The first kappa shape index (κ1) is 14.5. The van der Waals surface area contributed by atoms with Crippen LogP contribution < -0.4 is 5.32 Å². The van der Waals surface area contributed by atoms with Gasteiger partial charge in [0.2, 0.25) is 0 Å². The summed E-state index contributed by atoms with van der Waals surface area (Å²) in [5.74, 6) is 0.342. The second-order valence-corrected chi connectivity index (χ2v) is 6.26. The Labute approximate surface area is 110 Å². The molecule has 0 aromatic heterocycles. The van der Waals surface area contributed by atoms with E-state index in [9.17, 15) is 9.59 Å². The lowest BCUT2D eigenvalue weighted by Crippen LogP contribution is -2.51. The Balaban J connectivity index is 2.62. The third-order valence-electron chi connectivity index (χ3n) is 2.53. The van der Waals surface area contributed by atoms with Gasteiger partial charge >= 0.3 is 12.0 Å². The Morgan fingerprint density at radius 2 is 2.29 bits per heavy atom. The van der Waals surface area contributed by atoms with E-state index in [-0.39, 0.29) is 17.4 Å². The second-order valence-electron chi connectivity index (χ2n) is 4.00. The molecule has 0 bridgehead atoms. The van der Waals surface area contributed by atoms with E-state index in [1.165, 1.54) is 16.7 Å². The molecule has 0 radical (unpaired) electrons. The van der Waals surface area contributed by atoms with Gasteiger partial charge in [0, 0.05) is 17.5 Å². The maximum Gasteiger partial charge on any atom is 0.327 e. The number of rotatable bonds is 4. The van der Waals surface area contributed by atoms with Gasteiger partial charge in [-0.2, -0.15) is 11.8 Å². The topological polar surface area (TPSA) is 69.6 Å². The first-order valence-electron chi connectivity index (χ1n) is 5.39. The van der Waals surface area contributed by atoms with Gasteiger partial charge in [0.25, 0.3) is 0 Å². The maximum atomic E-state index is 12.0. The van der Waals surface area contributed by atoms with Crippen LogP contribution in [0.3, 0.4) is 0 Å². The molecule has 98 valence electrons. The van der Waals surface area contributed by atoms with Crippen molar-refractivity contribution in [2.24, 2.45) is 0 Å². The van der Waals surface area contributed by atoms with Gasteiger partial charge in [-0.3, -0.25) is 4.90 Å². The Bertz CT molecular complexity index is 301. The zero-order valence-corrected chi connectivity index (χ0v) is 11.8. The Morgan fingerprint density at radius 3 is 2.82 bits per heavy atom. The minimum absolute atomic E-state index is 0.0461. The average molecular weight is 278 g/mol. The van der Waals surface area contributed by atoms with Crippen molar-refractivity contribution in [1.29, 1.82) is 0 Å². The summed E-state index contributed by atoms with van der Waals surface area (Å²) < 4.78 is 0. The fourth-order valence-electron chi connectivity index (χ4n) is 1.72. The van der Waals surface area contributed by atoms with Crippen LogP contribution in [0.2, 0.25) is 0 Å². The lowest BCUT2D eigenvalue weighted by Gasteiger charge is -2.27. The monoisotopic (exact) mass is 278 g/mol. The quantitative estimate of drug-likeness (QED) is 0.811. The number of amides is 2. The van der Waals surface area contributed by atoms with Gasteiger partial charge in [-0.15, -0.1) is 11.8 Å². The number of carbonyl (C=O) groups excluding carboxylic acids is 1. The summed E-state index contributed by atoms with van der Waals surface area (Å²) in [7, 11) is 0. The van der Waals surface area contributed by atoms with Gasteiger partial charge in [-0.25, -0.2) is 9.59 Å². The summed E-state index contributed by atoms with van der Waals surface area (Å²) in [4.78, 5) is 24.4. The first-order chi connectivity index (χ1) is 7.97. The number of carbonyl (C=O) groups is 2. The fourth-order valence-corrected chi connectivity index (χ4v) is 3.47. The molecule has 0 aliphatic carbocycles. The molecule has 0 aromatic rings. The van der Waals surface area contributed by atoms with Crippen LogP contribution in [0.15, 0.2) is 0 Å². The van der Waals surface area contributed by atoms with Gasteiger partial charge in [0.05, 0.1) is 5.37 Å². The lowest BCUT2D eigenvalue weighted by molar-refractivity contribution is -0.141. The summed E-state index contributed by atoms with van der Waals surface area (Å²) in [5, 5.41) is 11.8. The normalized spacial score (nSPS) is 25.7. The molecule has 0 spiro atoms. The lowest BCUT2D eigenvalue weighted by atomic mass is 10.3. The van der Waals surface area contributed by atoms with Crippen LogP contribution in [-0.4, -0.2) is 57.2 Å². The summed E-state index contributed by atoms with van der Waals surface area (Å²) in [6.07, 6.45) is 1.97. The Kier molecular flexibility index (Phi) is 5.45. The number of aliphatic carboxylic acids is 1. The van der Waals surface area contributed by atoms with E-state index >= 15 is 0 Å². The number of urea groups is 1. The van der Waals surface area contributed by atoms with Crippen molar-refractivity contribution in [2.75, 3.05) is 17.8 Å². The van der Waals surface area contributed by atoms with Crippen molar-refractivity contribution >= 4 is 35.5 Å². The van der Waals surface area contributed by atoms with Crippen LogP contribution in [0.1, 0.15) is 13.8 Å². The van der Waals surface area contributed by atoms with E-state index in [2.05, 4.69) is 5.32 Å². The van der Waals surface area contributed by atoms with Crippen LogP contribution in [0, 0.1) is 0 Å². The molecule has 1 rings (SSSR count). The van der Waals surface area contributed by atoms with Crippen molar-refractivity contribution < 1.29 is 14.7 Å². The van der Waals surface area contributed by atoms with Crippen LogP contribution in [0.25, 0.3) is 0 Å². The van der Waals surface area contributed by atoms with E-state index in [0.29, 0.717) is 5.75 Å². The van der Waals surface area contributed by atoms with Crippen LogP contribution in [-0.2, 0) is 4.79 Å². The SMILES string of the molecule is CSCC(C)NC(=O)N1C(C)SCC1C(=O)O. The minimum Gasteiger partial charge on any atom is -0.480 e. The Morgan fingerprint density at radius 1 is 1.65 bits per heavy atom. The van der Waals surface area contributed by atoms with Crippen molar-refractivity contribution in [1.82, 2.24) is 10.2 Å². The van der Waals surface area contributed by atoms with E-state index in [0.717, 1.165) is 5.75 Å². The molecule has 3 atom stereocenters. The molecule has 2 N–H and O–H groups in total. The molecule has 7 heteroatoms. The largest absolute Gasteiger partial charge is 0.480 e. The van der Waals surface area contributed by atoms with E-state index in [4.69, 9.17) is 5.11 Å². The van der Waals surface area contributed by atoms with Gasteiger partial charge in [0.1, 0.15) is 6.04 Å². The molecule has 2 amide bonds. The van der Waals surface area contributed by atoms with Crippen LogP contribution in [0.4, 0.5) is 4.79 Å². The second kappa shape index (κ2) is 6.39. The average Bonchev–Trinajstić information content (AvgIpc) is 2.60. The molecule has 17 heavy (non-hydrogen) atoms. The summed E-state index contributed by atoms with van der Waals surface area (Å²) in [6, 6.07) is -0.947. The molecule has 1 heterocycles. The molecular formula is C10H18N2O3S2. The first-order valence-corrected chi connectivity index (χ1v) is 7.83. The molecule has 1 aliphatic rings. The Hall–Kier alpha value is -0.560. The molecule has 1 saturated heterocycles. The zero-order chi connectivity index (χ0) is 13.0. The number of hydrogen-bond acceptors (Lipinski definition) is 4. The molecule has 0 aromatic carbocycles. The van der Waals surface area contributed by atoms with Gasteiger partial charge in [0.15, 0.2) is 0 Å². The number of nitrogens with one attached hydrogen (secondary N) is 1. The number of carboxylic acids is 1. The predicted octanol–water partition coefficient (Wildman–Crippen LogP) is 1.30. The van der Waals surface area contributed by atoms with Crippen molar-refractivity contribution in [3.63, 3.8) is 0 Å². The minimum atomic E-state index is -0.936. The summed E-state index contributed by atoms with van der Waals surface area (Å²) >= 11 is 3.14. The summed E-state index contributed by atoms with van der Waals surface area (Å²) in [5.41, 5.74) is 0. The van der Waals surface area contributed by atoms with Crippen molar-refractivity contribution in [2.45, 2.75) is 31.3 Å². The predicted molar refractivity (Wildman–Crippen MR) is 71.6 cm³/mol. The highest BCUT2D eigenvalue weighted by Crippen LogP contribution is 2.28. The fraction of sp³-hybridized carbons (Fsp3) is 0.800. The highest BCUT2D eigenvalue weighted by Gasteiger charge is 2.39. The maximum absolute atomic E-state index is 12.0. The molecular weight excluding hydrogens is 260 g/mol.